The zero-order valence-electron chi connectivity index (χ0n) is 16.0. The third kappa shape index (κ3) is 5.20. The average Bonchev–Trinajstić information content (AvgIpc) is 2.68. The predicted octanol–water partition coefficient (Wildman–Crippen LogP) is 3.60. The van der Waals surface area contributed by atoms with E-state index in [-0.39, 0.29) is 23.7 Å². The van der Waals surface area contributed by atoms with E-state index < -0.39 is 0 Å². The number of carbonyl (C=O) groups excluding carboxylic acids is 2. The van der Waals surface area contributed by atoms with E-state index >= 15 is 0 Å². The summed E-state index contributed by atoms with van der Waals surface area (Å²) in [6, 6.07) is 14.3. The normalized spacial score (nSPS) is 14.4. The number of para-hydroxylation sites is 2. The van der Waals surface area contributed by atoms with E-state index in [4.69, 9.17) is 9.47 Å². The van der Waals surface area contributed by atoms with Crippen LogP contribution in [0, 0.1) is 0 Å². The van der Waals surface area contributed by atoms with Crippen molar-refractivity contribution < 1.29 is 19.1 Å². The molecule has 6 nitrogen and oxygen atoms in total. The van der Waals surface area contributed by atoms with Crippen molar-refractivity contribution in [1.29, 1.82) is 0 Å². The molecule has 2 amide bonds. The molecule has 2 aromatic rings. The van der Waals surface area contributed by atoms with Gasteiger partial charge in [0.1, 0.15) is 0 Å². The van der Waals surface area contributed by atoms with Crippen molar-refractivity contribution in [1.82, 2.24) is 5.32 Å². The molecular formula is C22H24N2O4. The monoisotopic (exact) mass is 380 g/mol. The Morgan fingerprint density at radius 2 is 1.93 bits per heavy atom. The van der Waals surface area contributed by atoms with Crippen LogP contribution in [0.1, 0.15) is 36.2 Å². The van der Waals surface area contributed by atoms with Crippen LogP contribution in [0.5, 0.6) is 5.75 Å². The molecule has 2 N–H and O–H groups in total. The van der Waals surface area contributed by atoms with Crippen molar-refractivity contribution in [3.8, 4) is 5.75 Å². The molecule has 0 atom stereocenters. The molecule has 0 spiro atoms. The molecule has 0 unspecified atom stereocenters. The van der Waals surface area contributed by atoms with E-state index in [1.54, 1.807) is 42.5 Å². The summed E-state index contributed by atoms with van der Waals surface area (Å²) in [6.45, 7) is 5.15. The lowest BCUT2D eigenvalue weighted by atomic mass is 10.1. The Labute approximate surface area is 164 Å². The Morgan fingerprint density at radius 3 is 2.68 bits per heavy atom. The van der Waals surface area contributed by atoms with E-state index in [9.17, 15) is 9.59 Å². The van der Waals surface area contributed by atoms with Crippen molar-refractivity contribution in [3.05, 3.63) is 65.4 Å². The summed E-state index contributed by atoms with van der Waals surface area (Å²) < 4.78 is 11.1. The average molecular weight is 380 g/mol. The van der Waals surface area contributed by atoms with E-state index in [1.165, 1.54) is 0 Å². The summed E-state index contributed by atoms with van der Waals surface area (Å²) in [5, 5.41) is 5.66. The third-order valence-corrected chi connectivity index (χ3v) is 4.11. The molecule has 1 aliphatic rings. The topological polar surface area (TPSA) is 76.7 Å². The second-order valence-corrected chi connectivity index (χ2v) is 6.71. The Morgan fingerprint density at radius 1 is 1.18 bits per heavy atom. The molecule has 28 heavy (non-hydrogen) atoms. The predicted molar refractivity (Wildman–Crippen MR) is 108 cm³/mol. The highest BCUT2D eigenvalue weighted by Crippen LogP contribution is 2.30. The third-order valence-electron chi connectivity index (χ3n) is 4.11. The van der Waals surface area contributed by atoms with Crippen LogP contribution in [-0.2, 0) is 9.53 Å². The maximum atomic E-state index is 12.2. The Hall–Kier alpha value is -3.12. The molecule has 0 radical (unpaired) electrons. The Balaban J connectivity index is 1.58. The highest BCUT2D eigenvalue weighted by atomic mass is 16.5. The minimum Gasteiger partial charge on any atom is -0.449 e. The van der Waals surface area contributed by atoms with Crippen molar-refractivity contribution in [2.45, 2.75) is 26.4 Å². The number of nitrogens with one attached hydrogen (secondary N) is 2. The van der Waals surface area contributed by atoms with Crippen LogP contribution in [0.4, 0.5) is 5.69 Å². The molecule has 6 heteroatoms. The molecule has 0 aliphatic carbocycles. The lowest BCUT2D eigenvalue weighted by Gasteiger charge is -2.19. The lowest BCUT2D eigenvalue weighted by molar-refractivity contribution is -0.115. The van der Waals surface area contributed by atoms with E-state index in [1.807, 2.05) is 26.0 Å². The summed E-state index contributed by atoms with van der Waals surface area (Å²) in [5.74, 6) is 0.375. The van der Waals surface area contributed by atoms with Crippen LogP contribution < -0.4 is 15.4 Å². The van der Waals surface area contributed by atoms with Gasteiger partial charge in [-0.2, -0.15) is 0 Å². The molecule has 146 valence electrons. The van der Waals surface area contributed by atoms with Crippen molar-refractivity contribution >= 4 is 23.6 Å². The second kappa shape index (κ2) is 9.19. The first kappa shape index (κ1) is 19.6. The maximum absolute atomic E-state index is 12.2. The quantitative estimate of drug-likeness (QED) is 0.568. The summed E-state index contributed by atoms with van der Waals surface area (Å²) >= 11 is 0. The molecule has 1 aliphatic heterocycles. The first-order chi connectivity index (χ1) is 13.5. The highest BCUT2D eigenvalue weighted by molar-refractivity contribution is 6.08. The van der Waals surface area contributed by atoms with E-state index in [0.29, 0.717) is 30.2 Å². The standard InChI is InChI=1S/C22H24N2O4/c1-15(2)27-13-5-12-23-21(25)17-10-8-16(9-11-17)14-20-22(26)24-18-6-3-4-7-19(18)28-20/h3-4,6-11,14-15H,5,12-13H2,1-2H3,(H,23,25)(H,24,26)/b20-14-. The van der Waals surface area contributed by atoms with Crippen LogP contribution in [0.2, 0.25) is 0 Å². The zero-order valence-corrected chi connectivity index (χ0v) is 16.0. The SMILES string of the molecule is CC(C)OCCCNC(=O)c1ccc(/C=C2\Oc3ccccc3NC2=O)cc1. The van der Waals surface area contributed by atoms with Gasteiger partial charge in [0, 0.05) is 18.7 Å². The van der Waals surface area contributed by atoms with Gasteiger partial charge in [-0.05, 0) is 56.2 Å². The van der Waals surface area contributed by atoms with E-state index in [2.05, 4.69) is 10.6 Å². The molecule has 2 aromatic carbocycles. The second-order valence-electron chi connectivity index (χ2n) is 6.71. The van der Waals surface area contributed by atoms with E-state index in [0.717, 1.165) is 12.0 Å². The fourth-order valence-electron chi connectivity index (χ4n) is 2.68. The van der Waals surface area contributed by atoms with Gasteiger partial charge in [0.25, 0.3) is 11.8 Å². The van der Waals surface area contributed by atoms with Gasteiger partial charge in [0.05, 0.1) is 11.8 Å². The first-order valence-electron chi connectivity index (χ1n) is 9.33. The minimum atomic E-state index is -0.302. The molecule has 1 heterocycles. The van der Waals surface area contributed by atoms with Crippen LogP contribution in [0.3, 0.4) is 0 Å². The largest absolute Gasteiger partial charge is 0.449 e. The van der Waals surface area contributed by atoms with Crippen molar-refractivity contribution in [3.63, 3.8) is 0 Å². The number of hydrogen-bond acceptors (Lipinski definition) is 4. The summed E-state index contributed by atoms with van der Waals surface area (Å²) in [6.07, 6.45) is 2.61. The van der Waals surface area contributed by atoms with Gasteiger partial charge in [-0.3, -0.25) is 9.59 Å². The van der Waals surface area contributed by atoms with Gasteiger partial charge in [0.2, 0.25) is 0 Å². The van der Waals surface area contributed by atoms with Crippen LogP contribution in [0.15, 0.2) is 54.3 Å². The van der Waals surface area contributed by atoms with Gasteiger partial charge in [-0.15, -0.1) is 0 Å². The smallest absolute Gasteiger partial charge is 0.291 e. The van der Waals surface area contributed by atoms with Crippen molar-refractivity contribution in [2.24, 2.45) is 0 Å². The molecule has 0 aromatic heterocycles. The fourth-order valence-corrected chi connectivity index (χ4v) is 2.68. The number of carbonyl (C=O) groups is 2. The molecule has 3 rings (SSSR count). The molecule has 0 saturated heterocycles. The fraction of sp³-hybridized carbons (Fsp3) is 0.273. The minimum absolute atomic E-state index is 0.135. The highest BCUT2D eigenvalue weighted by Gasteiger charge is 2.21. The van der Waals surface area contributed by atoms with Crippen molar-refractivity contribution in [2.75, 3.05) is 18.5 Å². The number of rotatable bonds is 7. The summed E-state index contributed by atoms with van der Waals surface area (Å²) in [5.41, 5.74) is 1.98. The number of fused-ring (bicyclic) bond motifs is 1. The van der Waals surface area contributed by atoms with Gasteiger partial charge >= 0.3 is 0 Å². The number of benzene rings is 2. The molecule has 0 fully saturated rings. The van der Waals surface area contributed by atoms with Gasteiger partial charge in [0.15, 0.2) is 11.5 Å². The summed E-state index contributed by atoms with van der Waals surface area (Å²) in [7, 11) is 0. The zero-order chi connectivity index (χ0) is 19.9. The van der Waals surface area contributed by atoms with Gasteiger partial charge < -0.3 is 20.1 Å². The van der Waals surface area contributed by atoms with Crippen LogP contribution >= 0.6 is 0 Å². The number of ether oxygens (including phenoxy) is 2. The van der Waals surface area contributed by atoms with Gasteiger partial charge in [-0.1, -0.05) is 24.3 Å². The Bertz CT molecular complexity index is 872. The maximum Gasteiger partial charge on any atom is 0.291 e. The van der Waals surface area contributed by atoms with Crippen LogP contribution in [0.25, 0.3) is 6.08 Å². The summed E-state index contributed by atoms with van der Waals surface area (Å²) in [4.78, 5) is 24.3. The molecule has 0 saturated carbocycles. The van der Waals surface area contributed by atoms with Gasteiger partial charge in [-0.25, -0.2) is 0 Å². The number of amides is 2. The molecular weight excluding hydrogens is 356 g/mol. The Kier molecular flexibility index (Phi) is 6.45. The number of hydrogen-bond donors (Lipinski definition) is 2. The first-order valence-corrected chi connectivity index (χ1v) is 9.33. The van der Waals surface area contributed by atoms with Crippen LogP contribution in [-0.4, -0.2) is 31.1 Å². The lowest BCUT2D eigenvalue weighted by Crippen LogP contribution is -2.25. The molecule has 0 bridgehead atoms. The number of anilines is 1.